The van der Waals surface area contributed by atoms with Crippen LogP contribution in [0.1, 0.15) is 26.7 Å². The van der Waals surface area contributed by atoms with E-state index in [1.54, 1.807) is 0 Å². The molecular formula is C15H20Fe. The van der Waals surface area contributed by atoms with E-state index in [4.69, 9.17) is 0 Å². The second-order valence-electron chi connectivity index (χ2n) is 4.19. The van der Waals surface area contributed by atoms with Gasteiger partial charge in [0.15, 0.2) is 0 Å². The van der Waals surface area contributed by atoms with Crippen LogP contribution in [0.15, 0.2) is 0 Å². The van der Waals surface area contributed by atoms with Gasteiger partial charge in [0.1, 0.15) is 0 Å². The molecule has 0 atom stereocenters. The van der Waals surface area contributed by atoms with Crippen molar-refractivity contribution in [1.29, 1.82) is 0 Å². The van der Waals surface area contributed by atoms with Gasteiger partial charge in [-0.3, -0.25) is 0 Å². The van der Waals surface area contributed by atoms with Crippen molar-refractivity contribution in [2.45, 2.75) is 26.7 Å². The average Bonchev–Trinajstić information content (AvgIpc) is 2.91. The molecule has 2 saturated carbocycles. The fraction of sp³-hybridized carbons (Fsp3) is 0.333. The predicted molar refractivity (Wildman–Crippen MR) is 66.0 cm³/mol. The maximum Gasteiger partial charge on any atom is 0 e. The van der Waals surface area contributed by atoms with Gasteiger partial charge in [0.2, 0.25) is 0 Å². The first kappa shape index (κ1) is 16.5. The van der Waals surface area contributed by atoms with Crippen LogP contribution >= 0.6 is 0 Å². The standard InChI is InChI=1S/C10H15.C5H5.Fe/c1-9(2)7-8-10-5-3-4-6-10;1-2-4-5-3-1;/h3-6,9H,7-8H2,1-2H3;1-5H;. The molecule has 0 saturated heterocycles. The van der Waals surface area contributed by atoms with Gasteiger partial charge >= 0.3 is 0 Å². The van der Waals surface area contributed by atoms with Crippen LogP contribution in [0.4, 0.5) is 0 Å². The third kappa shape index (κ3) is 8.65. The summed E-state index contributed by atoms with van der Waals surface area (Å²) < 4.78 is 0. The first-order valence-corrected chi connectivity index (χ1v) is 5.66. The predicted octanol–water partition coefficient (Wildman–Crippen LogP) is 3.85. The van der Waals surface area contributed by atoms with E-state index in [0.29, 0.717) is 0 Å². The summed E-state index contributed by atoms with van der Waals surface area (Å²) >= 11 is 0. The van der Waals surface area contributed by atoms with Crippen LogP contribution in [0.2, 0.25) is 0 Å². The van der Waals surface area contributed by atoms with Gasteiger partial charge in [-0.25, -0.2) is 0 Å². The minimum atomic E-state index is 0. The molecule has 10 radical (unpaired) electrons. The molecule has 0 spiro atoms. The number of hydrogen-bond donors (Lipinski definition) is 0. The van der Waals surface area contributed by atoms with Gasteiger partial charge in [-0.2, -0.15) is 0 Å². The molecule has 2 aliphatic carbocycles. The Morgan fingerprint density at radius 2 is 1.25 bits per heavy atom. The molecule has 16 heavy (non-hydrogen) atoms. The summed E-state index contributed by atoms with van der Waals surface area (Å²) in [6, 6.07) is 0. The zero-order valence-corrected chi connectivity index (χ0v) is 11.1. The van der Waals surface area contributed by atoms with E-state index < -0.39 is 0 Å². The summed E-state index contributed by atoms with van der Waals surface area (Å²) in [6.45, 7) is 4.53. The third-order valence-electron chi connectivity index (χ3n) is 2.30. The molecule has 0 amide bonds. The van der Waals surface area contributed by atoms with Crippen molar-refractivity contribution in [2.24, 2.45) is 5.92 Å². The van der Waals surface area contributed by atoms with Crippen LogP contribution in [0.3, 0.4) is 0 Å². The fourth-order valence-corrected chi connectivity index (χ4v) is 1.36. The van der Waals surface area contributed by atoms with E-state index in [2.05, 4.69) is 39.5 Å². The smallest absolute Gasteiger partial charge is 0 e. The Kier molecular flexibility index (Phi) is 11.0. The zero-order chi connectivity index (χ0) is 10.9. The molecule has 0 heterocycles. The van der Waals surface area contributed by atoms with Crippen LogP contribution in [0.5, 0.6) is 0 Å². The largest absolute Gasteiger partial charge is 0.0628 e. The summed E-state index contributed by atoms with van der Waals surface area (Å²) in [5.74, 6) is 2.31. The summed E-state index contributed by atoms with van der Waals surface area (Å²) in [5.41, 5.74) is 0. The van der Waals surface area contributed by atoms with Crippen molar-refractivity contribution in [3.63, 3.8) is 0 Å². The van der Waals surface area contributed by atoms with Gasteiger partial charge < -0.3 is 0 Å². The molecule has 2 rings (SSSR count). The van der Waals surface area contributed by atoms with Crippen molar-refractivity contribution in [1.82, 2.24) is 0 Å². The van der Waals surface area contributed by atoms with E-state index in [1.807, 2.05) is 32.1 Å². The summed E-state index contributed by atoms with van der Waals surface area (Å²) in [7, 11) is 0. The number of hydrogen-bond acceptors (Lipinski definition) is 0. The van der Waals surface area contributed by atoms with E-state index >= 15 is 0 Å². The molecule has 0 bridgehead atoms. The molecular weight excluding hydrogens is 236 g/mol. The molecule has 0 N–H and O–H groups in total. The molecule has 0 aliphatic heterocycles. The Morgan fingerprint density at radius 1 is 0.812 bits per heavy atom. The average molecular weight is 256 g/mol. The topological polar surface area (TPSA) is 0 Å². The van der Waals surface area contributed by atoms with Crippen LogP contribution in [0, 0.1) is 69.6 Å². The van der Waals surface area contributed by atoms with Crippen LogP contribution in [-0.2, 0) is 17.1 Å². The van der Waals surface area contributed by atoms with Gasteiger partial charge in [0.25, 0.3) is 0 Å². The zero-order valence-electron chi connectivity index (χ0n) is 10.0. The molecule has 1 heteroatoms. The van der Waals surface area contributed by atoms with Crippen molar-refractivity contribution in [3.05, 3.63) is 63.7 Å². The SMILES string of the molecule is CC(C)CC[C]1[CH][CH][CH][CH]1.[CH]1[CH][CH][CH][CH]1.[Fe]. The Bertz CT molecular complexity index is 125. The van der Waals surface area contributed by atoms with Crippen LogP contribution in [-0.4, -0.2) is 0 Å². The van der Waals surface area contributed by atoms with Gasteiger partial charge in [-0.05, 0) is 76.0 Å². The normalized spacial score (nSPS) is 20.4. The minimum absolute atomic E-state index is 0. The Balaban J connectivity index is 0.000000318. The Labute approximate surface area is 113 Å². The molecule has 0 unspecified atom stereocenters. The molecule has 0 aromatic carbocycles. The van der Waals surface area contributed by atoms with E-state index in [0.717, 1.165) is 5.92 Å². The van der Waals surface area contributed by atoms with E-state index in [9.17, 15) is 0 Å². The molecule has 88 valence electrons. The van der Waals surface area contributed by atoms with Gasteiger partial charge in [-0.15, -0.1) is 0 Å². The Morgan fingerprint density at radius 3 is 1.62 bits per heavy atom. The van der Waals surface area contributed by atoms with Crippen molar-refractivity contribution >= 4 is 0 Å². The Hall–Kier alpha value is 0.519. The second-order valence-corrected chi connectivity index (χ2v) is 4.19. The minimum Gasteiger partial charge on any atom is -0.0628 e. The molecule has 2 aliphatic rings. The molecule has 2 fully saturated rings. The summed E-state index contributed by atoms with van der Waals surface area (Å²) in [6.07, 6.45) is 21.2. The fourth-order valence-electron chi connectivity index (χ4n) is 1.36. The van der Waals surface area contributed by atoms with Crippen molar-refractivity contribution < 1.29 is 17.1 Å². The van der Waals surface area contributed by atoms with Crippen LogP contribution < -0.4 is 0 Å². The molecule has 0 nitrogen and oxygen atoms in total. The van der Waals surface area contributed by atoms with Gasteiger partial charge in [0, 0.05) is 17.1 Å². The van der Waals surface area contributed by atoms with Gasteiger partial charge in [-0.1, -0.05) is 20.3 Å². The van der Waals surface area contributed by atoms with E-state index in [1.165, 1.54) is 18.8 Å². The third-order valence-corrected chi connectivity index (χ3v) is 2.30. The maximum absolute atomic E-state index is 2.27. The summed E-state index contributed by atoms with van der Waals surface area (Å²) in [4.78, 5) is 0. The monoisotopic (exact) mass is 256 g/mol. The van der Waals surface area contributed by atoms with Crippen molar-refractivity contribution in [2.75, 3.05) is 0 Å². The molecule has 0 aromatic rings. The first-order chi connectivity index (χ1) is 7.29. The van der Waals surface area contributed by atoms with Gasteiger partial charge in [0.05, 0.1) is 0 Å². The van der Waals surface area contributed by atoms with E-state index in [-0.39, 0.29) is 17.1 Å². The quantitative estimate of drug-likeness (QED) is 0.673. The maximum atomic E-state index is 2.27. The first-order valence-electron chi connectivity index (χ1n) is 5.66. The summed E-state index contributed by atoms with van der Waals surface area (Å²) in [5, 5.41) is 0. The number of rotatable bonds is 3. The molecule has 0 aromatic heterocycles. The second kappa shape index (κ2) is 10.7. The van der Waals surface area contributed by atoms with Crippen LogP contribution in [0.25, 0.3) is 0 Å². The van der Waals surface area contributed by atoms with Crippen molar-refractivity contribution in [3.8, 4) is 0 Å².